The van der Waals surface area contributed by atoms with Crippen molar-refractivity contribution in [2.45, 2.75) is 13.3 Å². The molecule has 0 bridgehead atoms. The van der Waals surface area contributed by atoms with Crippen LogP contribution in [0.5, 0.6) is 5.75 Å². The Kier molecular flexibility index (Phi) is 5.31. The minimum Gasteiger partial charge on any atom is -0.493 e. The molecule has 5 heteroatoms. The highest BCUT2D eigenvalue weighted by Crippen LogP contribution is 2.23. The van der Waals surface area contributed by atoms with Gasteiger partial charge in [0.15, 0.2) is 0 Å². The van der Waals surface area contributed by atoms with Gasteiger partial charge in [0.1, 0.15) is 5.75 Å². The van der Waals surface area contributed by atoms with Crippen LogP contribution in [-0.4, -0.2) is 17.4 Å². The molecule has 0 aliphatic heterocycles. The zero-order valence-electron chi connectivity index (χ0n) is 9.40. The van der Waals surface area contributed by atoms with Gasteiger partial charge in [-0.2, -0.15) is 0 Å². The Hall–Kier alpha value is -1.73. The van der Waals surface area contributed by atoms with E-state index in [1.807, 2.05) is 6.92 Å². The average Bonchev–Trinajstić information content (AvgIpc) is 2.31. The summed E-state index contributed by atoms with van der Waals surface area (Å²) in [6.07, 6.45) is 0.538. The Labute approximate surface area is 105 Å². The van der Waals surface area contributed by atoms with Gasteiger partial charge < -0.3 is 4.74 Å². The van der Waals surface area contributed by atoms with E-state index in [0.29, 0.717) is 30.2 Å². The van der Waals surface area contributed by atoms with Crippen LogP contribution in [0.15, 0.2) is 18.2 Å². The molecular formula is C12H12ClNO3. The standard InChI is InChI=1S/C12H12ClNO3/c1-2-17-12-7-6-11(14(15)16)9-10(12)5-3-4-8-13/h6-7,9H,2,4,8H2,1H3. The average molecular weight is 254 g/mol. The van der Waals surface area contributed by atoms with Crippen molar-refractivity contribution in [3.05, 3.63) is 33.9 Å². The van der Waals surface area contributed by atoms with Crippen LogP contribution in [-0.2, 0) is 0 Å². The lowest BCUT2D eigenvalue weighted by Crippen LogP contribution is -1.96. The van der Waals surface area contributed by atoms with Crippen LogP contribution in [0.3, 0.4) is 0 Å². The number of nitro groups is 1. The molecule has 1 aromatic rings. The van der Waals surface area contributed by atoms with Gasteiger partial charge >= 0.3 is 0 Å². The number of ether oxygens (including phenoxy) is 1. The number of halogens is 1. The number of non-ortho nitro benzene ring substituents is 1. The number of rotatable bonds is 4. The molecule has 0 fully saturated rings. The zero-order valence-corrected chi connectivity index (χ0v) is 10.2. The molecule has 0 saturated heterocycles. The molecule has 90 valence electrons. The van der Waals surface area contributed by atoms with E-state index in [1.54, 1.807) is 6.07 Å². The predicted molar refractivity (Wildman–Crippen MR) is 66.5 cm³/mol. The van der Waals surface area contributed by atoms with Crippen molar-refractivity contribution < 1.29 is 9.66 Å². The van der Waals surface area contributed by atoms with Crippen molar-refractivity contribution in [1.82, 2.24) is 0 Å². The van der Waals surface area contributed by atoms with Gasteiger partial charge in [0, 0.05) is 24.4 Å². The van der Waals surface area contributed by atoms with Crippen molar-refractivity contribution in [2.24, 2.45) is 0 Å². The summed E-state index contributed by atoms with van der Waals surface area (Å²) in [5.41, 5.74) is 0.523. The molecule has 4 nitrogen and oxygen atoms in total. The second kappa shape index (κ2) is 6.77. The second-order valence-corrected chi connectivity index (χ2v) is 3.49. The molecule has 17 heavy (non-hydrogen) atoms. The summed E-state index contributed by atoms with van der Waals surface area (Å²) < 4.78 is 5.34. The number of nitrogens with zero attached hydrogens (tertiary/aromatic N) is 1. The number of hydrogen-bond donors (Lipinski definition) is 0. The number of alkyl halides is 1. The normalized spacial score (nSPS) is 9.29. The molecule has 0 N–H and O–H groups in total. The Morgan fingerprint density at radius 3 is 2.88 bits per heavy atom. The fourth-order valence-electron chi connectivity index (χ4n) is 1.22. The van der Waals surface area contributed by atoms with E-state index in [2.05, 4.69) is 11.8 Å². The highest BCUT2D eigenvalue weighted by Gasteiger charge is 2.09. The maximum atomic E-state index is 10.6. The number of hydrogen-bond acceptors (Lipinski definition) is 3. The summed E-state index contributed by atoms with van der Waals surface area (Å²) in [6.45, 7) is 2.33. The molecule has 0 aliphatic carbocycles. The smallest absolute Gasteiger partial charge is 0.270 e. The van der Waals surface area contributed by atoms with Gasteiger partial charge in [-0.25, -0.2) is 0 Å². The van der Waals surface area contributed by atoms with E-state index in [4.69, 9.17) is 16.3 Å². The lowest BCUT2D eigenvalue weighted by atomic mass is 10.2. The fraction of sp³-hybridized carbons (Fsp3) is 0.333. The highest BCUT2D eigenvalue weighted by molar-refractivity contribution is 6.18. The fourth-order valence-corrected chi connectivity index (χ4v) is 1.31. The molecule has 0 amide bonds. The molecule has 0 atom stereocenters. The summed E-state index contributed by atoms with van der Waals surface area (Å²) in [6, 6.07) is 4.37. The minimum absolute atomic E-state index is 0.00336. The van der Waals surface area contributed by atoms with Gasteiger partial charge in [-0.1, -0.05) is 11.8 Å². The van der Waals surface area contributed by atoms with Crippen LogP contribution in [0.2, 0.25) is 0 Å². The van der Waals surface area contributed by atoms with Crippen molar-refractivity contribution >= 4 is 17.3 Å². The Balaban J connectivity index is 3.07. The largest absolute Gasteiger partial charge is 0.493 e. The first-order valence-electron chi connectivity index (χ1n) is 5.15. The van der Waals surface area contributed by atoms with Crippen LogP contribution >= 0.6 is 11.6 Å². The van der Waals surface area contributed by atoms with Gasteiger partial charge in [0.05, 0.1) is 17.1 Å². The van der Waals surface area contributed by atoms with Crippen molar-refractivity contribution in [1.29, 1.82) is 0 Å². The van der Waals surface area contributed by atoms with Crippen molar-refractivity contribution in [2.75, 3.05) is 12.5 Å². The minimum atomic E-state index is -0.456. The van der Waals surface area contributed by atoms with Gasteiger partial charge in [0.2, 0.25) is 0 Å². The first-order chi connectivity index (χ1) is 8.19. The van der Waals surface area contributed by atoms with Crippen LogP contribution in [0, 0.1) is 22.0 Å². The number of benzene rings is 1. The Morgan fingerprint density at radius 1 is 1.53 bits per heavy atom. The molecule has 0 radical (unpaired) electrons. The number of nitro benzene ring substituents is 1. The predicted octanol–water partition coefficient (Wildman–Crippen LogP) is 2.97. The van der Waals surface area contributed by atoms with Crippen molar-refractivity contribution in [3.63, 3.8) is 0 Å². The third kappa shape index (κ3) is 3.97. The third-order valence-electron chi connectivity index (χ3n) is 1.92. The first kappa shape index (κ1) is 13.3. The molecule has 1 aromatic carbocycles. The van der Waals surface area contributed by atoms with E-state index in [9.17, 15) is 10.1 Å². The molecule has 0 aromatic heterocycles. The van der Waals surface area contributed by atoms with E-state index < -0.39 is 4.92 Å². The molecule has 0 saturated carbocycles. The maximum Gasteiger partial charge on any atom is 0.270 e. The third-order valence-corrected chi connectivity index (χ3v) is 2.11. The van der Waals surface area contributed by atoms with Gasteiger partial charge in [-0.05, 0) is 13.0 Å². The van der Waals surface area contributed by atoms with Crippen LogP contribution in [0.4, 0.5) is 5.69 Å². The quantitative estimate of drug-likeness (QED) is 0.359. The van der Waals surface area contributed by atoms with Gasteiger partial charge in [-0.3, -0.25) is 10.1 Å². The monoisotopic (exact) mass is 253 g/mol. The van der Waals surface area contributed by atoms with Crippen LogP contribution < -0.4 is 4.74 Å². The summed E-state index contributed by atoms with van der Waals surface area (Å²) >= 11 is 5.51. The first-order valence-corrected chi connectivity index (χ1v) is 5.68. The van der Waals surface area contributed by atoms with Gasteiger partial charge in [-0.15, -0.1) is 11.6 Å². The zero-order chi connectivity index (χ0) is 12.7. The van der Waals surface area contributed by atoms with E-state index >= 15 is 0 Å². The molecule has 1 rings (SSSR count). The maximum absolute atomic E-state index is 10.6. The SMILES string of the molecule is CCOc1ccc([N+](=O)[O-])cc1C#CCCCl. The van der Waals surface area contributed by atoms with Crippen molar-refractivity contribution in [3.8, 4) is 17.6 Å². The molecular weight excluding hydrogens is 242 g/mol. The molecule has 0 heterocycles. The molecule has 0 unspecified atom stereocenters. The summed E-state index contributed by atoms with van der Waals surface area (Å²) in [5.74, 6) is 6.65. The summed E-state index contributed by atoms with van der Waals surface area (Å²) in [7, 11) is 0. The second-order valence-electron chi connectivity index (χ2n) is 3.11. The van der Waals surface area contributed by atoms with Gasteiger partial charge in [0.25, 0.3) is 5.69 Å². The lowest BCUT2D eigenvalue weighted by molar-refractivity contribution is -0.384. The van der Waals surface area contributed by atoms with E-state index in [0.717, 1.165) is 0 Å². The topological polar surface area (TPSA) is 52.4 Å². The molecule has 0 spiro atoms. The summed E-state index contributed by atoms with van der Waals surface area (Å²) in [5, 5.41) is 10.6. The summed E-state index contributed by atoms with van der Waals surface area (Å²) in [4.78, 5) is 10.2. The van der Waals surface area contributed by atoms with Crippen LogP contribution in [0.25, 0.3) is 0 Å². The van der Waals surface area contributed by atoms with Crippen LogP contribution in [0.1, 0.15) is 18.9 Å². The molecule has 0 aliphatic rings. The Morgan fingerprint density at radius 2 is 2.29 bits per heavy atom. The lowest BCUT2D eigenvalue weighted by Gasteiger charge is -2.05. The van der Waals surface area contributed by atoms with E-state index in [-0.39, 0.29) is 5.69 Å². The Bertz CT molecular complexity index is 463. The highest BCUT2D eigenvalue weighted by atomic mass is 35.5. The van der Waals surface area contributed by atoms with E-state index in [1.165, 1.54) is 12.1 Å².